The SMILES string of the molecule is O=C(Nc1n[nH]c2nc(C(F)(F)F)ccc12)c1cccc(C(F)(F)F)c1O. The van der Waals surface area contributed by atoms with Gasteiger partial charge < -0.3 is 10.4 Å². The number of hydrogen-bond acceptors (Lipinski definition) is 4. The molecule has 3 aromatic rings. The number of fused-ring (bicyclic) bond motifs is 1. The second-order valence-corrected chi connectivity index (χ2v) is 5.32. The number of anilines is 1. The first kappa shape index (κ1) is 18.5. The molecule has 0 saturated carbocycles. The summed E-state index contributed by atoms with van der Waals surface area (Å²) in [4.78, 5) is 15.5. The fraction of sp³-hybridized carbons (Fsp3) is 0.133. The zero-order valence-corrected chi connectivity index (χ0v) is 12.9. The van der Waals surface area contributed by atoms with E-state index in [-0.39, 0.29) is 16.9 Å². The van der Waals surface area contributed by atoms with Gasteiger partial charge >= 0.3 is 12.4 Å². The average Bonchev–Trinajstić information content (AvgIpc) is 2.95. The molecule has 142 valence electrons. The first-order chi connectivity index (χ1) is 12.5. The molecular weight excluding hydrogens is 382 g/mol. The molecule has 2 heterocycles. The van der Waals surface area contributed by atoms with Crippen LogP contribution in [-0.2, 0) is 12.4 Å². The van der Waals surface area contributed by atoms with Crippen molar-refractivity contribution in [2.24, 2.45) is 0 Å². The van der Waals surface area contributed by atoms with Crippen LogP contribution in [0, 0.1) is 0 Å². The van der Waals surface area contributed by atoms with E-state index in [9.17, 15) is 36.2 Å². The van der Waals surface area contributed by atoms with Crippen LogP contribution in [0.25, 0.3) is 11.0 Å². The number of nitrogens with one attached hydrogen (secondary N) is 2. The predicted molar refractivity (Wildman–Crippen MR) is 80.0 cm³/mol. The maximum Gasteiger partial charge on any atom is 0.433 e. The van der Waals surface area contributed by atoms with Crippen LogP contribution in [0.4, 0.5) is 32.2 Å². The molecule has 0 radical (unpaired) electrons. The molecule has 0 fully saturated rings. The molecule has 0 aliphatic carbocycles. The summed E-state index contributed by atoms with van der Waals surface area (Å²) in [6, 6.07) is 4.14. The van der Waals surface area contributed by atoms with Gasteiger partial charge in [-0.2, -0.15) is 31.4 Å². The van der Waals surface area contributed by atoms with E-state index in [1.807, 2.05) is 0 Å². The number of amides is 1. The lowest BCUT2D eigenvalue weighted by Gasteiger charge is -2.12. The zero-order chi connectivity index (χ0) is 20.0. The summed E-state index contributed by atoms with van der Waals surface area (Å²) >= 11 is 0. The minimum absolute atomic E-state index is 0.00261. The monoisotopic (exact) mass is 390 g/mol. The molecule has 1 aromatic carbocycles. The van der Waals surface area contributed by atoms with E-state index in [4.69, 9.17) is 0 Å². The molecule has 0 aliphatic heterocycles. The summed E-state index contributed by atoms with van der Waals surface area (Å²) in [5, 5.41) is 17.6. The van der Waals surface area contributed by atoms with Crippen LogP contribution in [0.3, 0.4) is 0 Å². The van der Waals surface area contributed by atoms with Crippen molar-refractivity contribution in [3.8, 4) is 5.75 Å². The van der Waals surface area contributed by atoms with Crippen LogP contribution in [0.15, 0.2) is 30.3 Å². The number of rotatable bonds is 2. The highest BCUT2D eigenvalue weighted by Gasteiger charge is 2.36. The van der Waals surface area contributed by atoms with Crippen molar-refractivity contribution in [1.29, 1.82) is 0 Å². The quantitative estimate of drug-likeness (QED) is 0.578. The average molecular weight is 390 g/mol. The fourth-order valence-corrected chi connectivity index (χ4v) is 2.29. The maximum atomic E-state index is 12.8. The van der Waals surface area contributed by atoms with Gasteiger partial charge in [-0.15, -0.1) is 0 Å². The molecule has 3 rings (SSSR count). The van der Waals surface area contributed by atoms with Crippen LogP contribution in [0.1, 0.15) is 21.6 Å². The number of phenolic OH excluding ortho intramolecular Hbond substituents is 1. The van der Waals surface area contributed by atoms with E-state index >= 15 is 0 Å². The number of benzene rings is 1. The van der Waals surface area contributed by atoms with Crippen LogP contribution in [0.2, 0.25) is 0 Å². The lowest BCUT2D eigenvalue weighted by molar-refractivity contribution is -0.141. The number of alkyl halides is 6. The number of halogens is 6. The lowest BCUT2D eigenvalue weighted by Crippen LogP contribution is -2.15. The molecule has 27 heavy (non-hydrogen) atoms. The smallest absolute Gasteiger partial charge is 0.433 e. The van der Waals surface area contributed by atoms with Crippen molar-refractivity contribution >= 4 is 22.8 Å². The fourth-order valence-electron chi connectivity index (χ4n) is 2.29. The number of carbonyl (C=O) groups is 1. The van der Waals surface area contributed by atoms with Gasteiger partial charge in [-0.3, -0.25) is 9.89 Å². The molecule has 0 saturated heterocycles. The van der Waals surface area contributed by atoms with Gasteiger partial charge in [0.05, 0.1) is 16.5 Å². The van der Waals surface area contributed by atoms with Gasteiger partial charge in [0.25, 0.3) is 5.91 Å². The van der Waals surface area contributed by atoms with Crippen LogP contribution in [0.5, 0.6) is 5.75 Å². The summed E-state index contributed by atoms with van der Waals surface area (Å²) in [5.74, 6) is -2.67. The van der Waals surface area contributed by atoms with Gasteiger partial charge in [-0.25, -0.2) is 4.98 Å². The van der Waals surface area contributed by atoms with Crippen LogP contribution in [-0.4, -0.2) is 26.2 Å². The molecule has 0 spiro atoms. The summed E-state index contributed by atoms with van der Waals surface area (Å²) in [6.45, 7) is 0. The molecule has 6 nitrogen and oxygen atoms in total. The minimum Gasteiger partial charge on any atom is -0.506 e. The summed E-state index contributed by atoms with van der Waals surface area (Å²) in [6.07, 6.45) is -9.57. The Labute approximate surface area is 145 Å². The molecule has 0 unspecified atom stereocenters. The number of aromatic hydroxyl groups is 1. The number of hydrogen-bond donors (Lipinski definition) is 3. The van der Waals surface area contributed by atoms with Gasteiger partial charge in [-0.05, 0) is 24.3 Å². The van der Waals surface area contributed by atoms with E-state index in [0.29, 0.717) is 12.1 Å². The molecule has 3 N–H and O–H groups in total. The highest BCUT2D eigenvalue weighted by atomic mass is 19.4. The van der Waals surface area contributed by atoms with Gasteiger partial charge in [0, 0.05) is 0 Å². The number of pyridine rings is 1. The van der Waals surface area contributed by atoms with E-state index in [0.717, 1.165) is 18.2 Å². The Kier molecular flexibility index (Phi) is 4.20. The Bertz CT molecular complexity index is 1030. The van der Waals surface area contributed by atoms with Gasteiger partial charge in [0.1, 0.15) is 11.4 Å². The van der Waals surface area contributed by atoms with Gasteiger partial charge in [0.15, 0.2) is 11.5 Å². The third-order valence-electron chi connectivity index (χ3n) is 3.53. The van der Waals surface area contributed by atoms with Crippen molar-refractivity contribution < 1.29 is 36.2 Å². The highest BCUT2D eigenvalue weighted by molar-refractivity contribution is 6.09. The third kappa shape index (κ3) is 3.50. The summed E-state index contributed by atoms with van der Waals surface area (Å²) < 4.78 is 76.3. The molecule has 2 aromatic heterocycles. The summed E-state index contributed by atoms with van der Waals surface area (Å²) in [5.41, 5.74) is -3.56. The Morgan fingerprint density at radius 2 is 1.74 bits per heavy atom. The van der Waals surface area contributed by atoms with Crippen molar-refractivity contribution in [1.82, 2.24) is 15.2 Å². The van der Waals surface area contributed by atoms with Crippen LogP contribution < -0.4 is 5.32 Å². The predicted octanol–water partition coefficient (Wildman–Crippen LogP) is 3.95. The molecule has 0 aliphatic rings. The second kappa shape index (κ2) is 6.14. The number of H-pyrrole nitrogens is 1. The second-order valence-electron chi connectivity index (χ2n) is 5.32. The van der Waals surface area contributed by atoms with E-state index in [1.54, 1.807) is 0 Å². The molecule has 0 bridgehead atoms. The van der Waals surface area contributed by atoms with E-state index in [2.05, 4.69) is 20.5 Å². The zero-order valence-electron chi connectivity index (χ0n) is 12.9. The number of carbonyl (C=O) groups excluding carboxylic acids is 1. The number of phenols is 1. The highest BCUT2D eigenvalue weighted by Crippen LogP contribution is 2.37. The standard InChI is InChI=1S/C15H8F6N4O2/c16-14(17,18)8-3-1-2-6(10(8)26)13(27)23-12-7-4-5-9(15(19,20)21)22-11(7)24-25-12/h1-5,26H,(H2,22,23,24,25,27). The molecular formula is C15H8F6N4O2. The summed E-state index contributed by atoms with van der Waals surface area (Å²) in [7, 11) is 0. The lowest BCUT2D eigenvalue weighted by atomic mass is 10.1. The maximum absolute atomic E-state index is 12.8. The first-order valence-electron chi connectivity index (χ1n) is 7.11. The van der Waals surface area contributed by atoms with Crippen molar-refractivity contribution in [2.75, 3.05) is 5.32 Å². The molecule has 0 atom stereocenters. The normalized spacial score (nSPS) is 12.4. The van der Waals surface area contributed by atoms with E-state index < -0.39 is 40.8 Å². The topological polar surface area (TPSA) is 90.9 Å². The Morgan fingerprint density at radius 1 is 1.04 bits per heavy atom. The number of aromatic nitrogens is 3. The number of nitrogens with zero attached hydrogens (tertiary/aromatic N) is 2. The minimum atomic E-state index is -4.88. The third-order valence-corrected chi connectivity index (χ3v) is 3.53. The molecule has 12 heteroatoms. The number of para-hydroxylation sites is 1. The Balaban J connectivity index is 1.93. The first-order valence-corrected chi connectivity index (χ1v) is 7.11. The van der Waals surface area contributed by atoms with Crippen molar-refractivity contribution in [3.05, 3.63) is 47.2 Å². The van der Waals surface area contributed by atoms with Gasteiger partial charge in [0.2, 0.25) is 0 Å². The largest absolute Gasteiger partial charge is 0.506 e. The van der Waals surface area contributed by atoms with Crippen molar-refractivity contribution in [2.45, 2.75) is 12.4 Å². The van der Waals surface area contributed by atoms with E-state index in [1.165, 1.54) is 0 Å². The molecule has 1 amide bonds. The Hall–Kier alpha value is -3.31. The Morgan fingerprint density at radius 3 is 2.37 bits per heavy atom. The van der Waals surface area contributed by atoms with Gasteiger partial charge in [-0.1, -0.05) is 6.07 Å². The number of aromatic amines is 1. The van der Waals surface area contributed by atoms with Crippen LogP contribution >= 0.6 is 0 Å². The van der Waals surface area contributed by atoms with Crippen molar-refractivity contribution in [3.63, 3.8) is 0 Å².